The van der Waals surface area contributed by atoms with Crippen LogP contribution in [0.15, 0.2) is 0 Å². The molecule has 0 aliphatic rings. The van der Waals surface area contributed by atoms with Gasteiger partial charge in [-0.2, -0.15) is 0 Å². The summed E-state index contributed by atoms with van der Waals surface area (Å²) in [4.78, 5) is 10.1. The smallest absolute Gasteiger partial charge is 0.365 e. The molecule has 0 aliphatic carbocycles. The molecule has 0 radical (unpaired) electrons. The first-order chi connectivity index (χ1) is 3.27. The van der Waals surface area contributed by atoms with Crippen LogP contribution < -0.4 is 0 Å². The van der Waals surface area contributed by atoms with Crippen molar-refractivity contribution < 1.29 is 18.8 Å². The highest BCUT2D eigenvalue weighted by molar-refractivity contribution is 7.32. The Labute approximate surface area is 40.1 Å². The monoisotopic (exact) mass is 122 g/mol. The van der Waals surface area contributed by atoms with Crippen LogP contribution in [-0.2, 0) is 9.09 Å². The zero-order valence-corrected chi connectivity index (χ0v) is 4.24. The second kappa shape index (κ2) is 3.56. The summed E-state index contributed by atoms with van der Waals surface area (Å²) in [7, 11) is -2.96. The van der Waals surface area contributed by atoms with Crippen molar-refractivity contribution in [2.24, 2.45) is 0 Å². The average Bonchev–Trinajstić information content (AvgIpc) is 1.61. The molecule has 1 unspecified atom stereocenters. The Morgan fingerprint density at radius 1 is 2.00 bits per heavy atom. The lowest BCUT2D eigenvalue weighted by molar-refractivity contribution is -0.0151. The predicted molar refractivity (Wildman–Crippen MR) is 22.0 cm³/mol. The minimum absolute atomic E-state index is 0.487. The third-order valence-electron chi connectivity index (χ3n) is 0.201. The third kappa shape index (κ3) is 5.37. The first-order valence-electron chi connectivity index (χ1n) is 1.33. The summed E-state index contributed by atoms with van der Waals surface area (Å²) in [5, 5.41) is 0. The highest BCUT2D eigenvalue weighted by atomic mass is 31.1. The van der Waals surface area contributed by atoms with E-state index in [4.69, 9.17) is 10.4 Å². The largest absolute Gasteiger partial charge is 0.444 e. The minimum Gasteiger partial charge on any atom is -0.365 e. The van der Waals surface area contributed by atoms with Gasteiger partial charge in [-0.1, -0.05) is 0 Å². The topological polar surface area (TPSA) is 82.9 Å². The summed E-state index contributed by atoms with van der Waals surface area (Å²) in [5.41, 5.74) is 7.53. The van der Waals surface area contributed by atoms with Crippen LogP contribution in [0.1, 0.15) is 0 Å². The van der Waals surface area contributed by atoms with Crippen molar-refractivity contribution in [2.45, 2.75) is 0 Å². The maximum atomic E-state index is 9.52. The van der Waals surface area contributed by atoms with E-state index in [0.29, 0.717) is 6.40 Å². The molecule has 7 heavy (non-hydrogen) atoms. The normalized spacial score (nSPS) is 11.6. The van der Waals surface area contributed by atoms with Gasteiger partial charge in [-0.05, 0) is 0 Å². The zero-order valence-electron chi connectivity index (χ0n) is 3.24. The number of rotatable bonds is 2. The first-order valence-corrected chi connectivity index (χ1v) is 2.59. The van der Waals surface area contributed by atoms with Gasteiger partial charge in [-0.25, -0.2) is 4.57 Å². The standard InChI is InChI=1S/CH3N2O3P/c2-3-1-6-7(4)5/h1,7H,(H,4,5). The van der Waals surface area contributed by atoms with Crippen LogP contribution >= 0.6 is 8.25 Å². The molecular formula is CH3N2O3P. The van der Waals surface area contributed by atoms with Crippen LogP contribution in [0.2, 0.25) is 0 Å². The van der Waals surface area contributed by atoms with E-state index < -0.39 is 8.25 Å². The van der Waals surface area contributed by atoms with E-state index in [1.807, 2.05) is 0 Å². The van der Waals surface area contributed by atoms with Gasteiger partial charge in [0.05, 0.1) is 0 Å². The van der Waals surface area contributed by atoms with Crippen LogP contribution in [0.5, 0.6) is 0 Å². The predicted octanol–water partition coefficient (Wildman–Crippen LogP) is -0.357. The molecule has 40 valence electrons. The van der Waals surface area contributed by atoms with Crippen molar-refractivity contribution in [1.82, 2.24) is 0 Å². The van der Waals surface area contributed by atoms with Crippen LogP contribution in [0.25, 0.3) is 5.53 Å². The lowest BCUT2D eigenvalue weighted by Crippen LogP contribution is -1.71. The van der Waals surface area contributed by atoms with Crippen molar-refractivity contribution in [2.75, 3.05) is 0 Å². The fourth-order valence-corrected chi connectivity index (χ4v) is 0.206. The number of nitrogens with zero attached hydrogens (tertiary/aromatic N) is 2. The van der Waals surface area contributed by atoms with E-state index >= 15 is 0 Å². The van der Waals surface area contributed by atoms with E-state index in [9.17, 15) is 4.57 Å². The Morgan fingerprint density at radius 2 is 2.57 bits per heavy atom. The van der Waals surface area contributed by atoms with Gasteiger partial charge in [0.15, 0.2) is 0 Å². The van der Waals surface area contributed by atoms with E-state index in [1.54, 1.807) is 0 Å². The summed E-state index contributed by atoms with van der Waals surface area (Å²) in [6.45, 7) is 0. The van der Waals surface area contributed by atoms with Crippen molar-refractivity contribution in [1.29, 1.82) is 0 Å². The van der Waals surface area contributed by atoms with Gasteiger partial charge in [-0.3, -0.25) is 0 Å². The number of hydrogen-bond donors (Lipinski definition) is 1. The van der Waals surface area contributed by atoms with Gasteiger partial charge in [0, 0.05) is 0 Å². The molecule has 6 heteroatoms. The van der Waals surface area contributed by atoms with Crippen LogP contribution in [0.4, 0.5) is 0 Å². The van der Waals surface area contributed by atoms with Gasteiger partial charge < -0.3 is 14.9 Å². The lowest BCUT2D eigenvalue weighted by atomic mass is 11.6. The quantitative estimate of drug-likeness (QED) is 0.178. The summed E-state index contributed by atoms with van der Waals surface area (Å²) >= 11 is 0. The summed E-state index contributed by atoms with van der Waals surface area (Å²) in [6, 6.07) is 0. The van der Waals surface area contributed by atoms with Crippen molar-refractivity contribution in [3.8, 4) is 0 Å². The molecular weight excluding hydrogens is 119 g/mol. The highest BCUT2D eigenvalue weighted by Crippen LogP contribution is 2.10. The molecule has 1 N–H and O–H groups in total. The molecule has 0 aliphatic heterocycles. The fraction of sp³-hybridized carbons (Fsp3) is 0. The van der Waals surface area contributed by atoms with Crippen LogP contribution in [0, 0.1) is 0 Å². The zero-order chi connectivity index (χ0) is 5.70. The van der Waals surface area contributed by atoms with Gasteiger partial charge >= 0.3 is 14.7 Å². The molecule has 0 saturated heterocycles. The Bertz CT molecular complexity index is 116. The first kappa shape index (κ1) is 6.37. The van der Waals surface area contributed by atoms with E-state index in [1.165, 1.54) is 0 Å². The molecule has 0 saturated carbocycles. The van der Waals surface area contributed by atoms with Crippen molar-refractivity contribution in [3.05, 3.63) is 5.53 Å². The fourth-order valence-electron chi connectivity index (χ4n) is 0.0687. The van der Waals surface area contributed by atoms with Crippen molar-refractivity contribution >= 4 is 14.7 Å². The molecule has 5 nitrogen and oxygen atoms in total. The van der Waals surface area contributed by atoms with Gasteiger partial charge in [0.2, 0.25) is 0 Å². The molecule has 0 amide bonds. The SMILES string of the molecule is [N-]=[N+]=CO[PH](=O)O. The maximum absolute atomic E-state index is 9.52. The van der Waals surface area contributed by atoms with Crippen LogP contribution in [0.3, 0.4) is 0 Å². The minimum atomic E-state index is -2.96. The summed E-state index contributed by atoms with van der Waals surface area (Å²) in [6.07, 6.45) is 0.487. The lowest BCUT2D eigenvalue weighted by Gasteiger charge is -1.78. The van der Waals surface area contributed by atoms with E-state index in [2.05, 4.69) is 9.31 Å². The van der Waals surface area contributed by atoms with Gasteiger partial charge in [0.25, 0.3) is 0 Å². The maximum Gasteiger partial charge on any atom is 0.444 e. The molecule has 0 fully saturated rings. The average molecular weight is 122 g/mol. The molecule has 0 heterocycles. The van der Waals surface area contributed by atoms with Gasteiger partial charge in [0.1, 0.15) is 0 Å². The number of hydrogen-bond acceptors (Lipinski definition) is 2. The molecule has 0 spiro atoms. The van der Waals surface area contributed by atoms with Crippen molar-refractivity contribution in [3.63, 3.8) is 0 Å². The molecule has 0 aromatic rings. The second-order valence-electron chi connectivity index (χ2n) is 0.605. The molecule has 1 atom stereocenters. The highest BCUT2D eigenvalue weighted by Gasteiger charge is 1.84. The molecule has 0 bridgehead atoms. The second-order valence-corrected chi connectivity index (χ2v) is 1.37. The summed E-state index contributed by atoms with van der Waals surface area (Å²) < 4.78 is 13.3. The van der Waals surface area contributed by atoms with Crippen LogP contribution in [-0.4, -0.2) is 16.1 Å². The third-order valence-corrected chi connectivity index (χ3v) is 0.508. The Hall–Kier alpha value is -0.630. The van der Waals surface area contributed by atoms with E-state index in [-0.39, 0.29) is 0 Å². The Morgan fingerprint density at radius 3 is 2.71 bits per heavy atom. The summed E-state index contributed by atoms with van der Waals surface area (Å²) in [5.74, 6) is 0. The van der Waals surface area contributed by atoms with E-state index in [0.717, 1.165) is 0 Å². The van der Waals surface area contributed by atoms with Gasteiger partial charge in [-0.15, -0.1) is 4.79 Å². The molecule has 0 aromatic heterocycles. The Balaban J connectivity index is 3.32. The Kier molecular flexibility index (Phi) is 3.24. The molecule has 0 aromatic carbocycles. The molecule has 0 rings (SSSR count).